The van der Waals surface area contributed by atoms with Gasteiger partial charge in [0.15, 0.2) is 11.9 Å². The number of aliphatic hydroxyl groups is 1. The molecule has 5 N–H and O–H groups in total. The van der Waals surface area contributed by atoms with E-state index in [0.29, 0.717) is 12.8 Å². The second kappa shape index (κ2) is 12.3. The number of benzene rings is 1. The average molecular weight is 597 g/mol. The number of pyridine rings is 1. The zero-order chi connectivity index (χ0) is 30.9. The first kappa shape index (κ1) is 30.7. The predicted molar refractivity (Wildman–Crippen MR) is 134 cm³/mol. The third kappa shape index (κ3) is 6.45. The van der Waals surface area contributed by atoms with Crippen LogP contribution in [0.15, 0.2) is 24.3 Å². The Labute approximate surface area is 236 Å². The van der Waals surface area contributed by atoms with Gasteiger partial charge < -0.3 is 30.9 Å². The van der Waals surface area contributed by atoms with Crippen LogP contribution in [0.3, 0.4) is 0 Å². The molecule has 1 aromatic heterocycles. The molecule has 6 atom stereocenters. The second-order valence-corrected chi connectivity index (χ2v) is 10.4. The number of cyclic esters (lactones) is 1. The number of para-hydroxylation sites is 1. The lowest BCUT2D eigenvalue weighted by Gasteiger charge is -2.33. The summed E-state index contributed by atoms with van der Waals surface area (Å²) in [6, 6.07) is 0.848. The van der Waals surface area contributed by atoms with Gasteiger partial charge in [-0.2, -0.15) is 18.2 Å². The van der Waals surface area contributed by atoms with Gasteiger partial charge in [-0.3, -0.25) is 19.2 Å². The summed E-state index contributed by atoms with van der Waals surface area (Å²) in [5.41, 5.74) is -1.35. The molecule has 2 fully saturated rings. The topological polar surface area (TPSA) is 167 Å². The Kier molecular flexibility index (Phi) is 8.99. The van der Waals surface area contributed by atoms with Gasteiger partial charge in [0.25, 0.3) is 17.8 Å². The van der Waals surface area contributed by atoms with E-state index in [1.807, 2.05) is 0 Å². The number of amides is 3. The van der Waals surface area contributed by atoms with Crippen molar-refractivity contribution in [1.82, 2.24) is 20.9 Å². The highest BCUT2D eigenvalue weighted by molar-refractivity contribution is 6.00. The number of carbonyl (C=O) groups is 4. The molecule has 1 saturated carbocycles. The first-order chi connectivity index (χ1) is 19.8. The number of aromatic nitrogens is 1. The van der Waals surface area contributed by atoms with Crippen molar-refractivity contribution in [2.24, 2.45) is 11.8 Å². The van der Waals surface area contributed by atoms with Crippen LogP contribution in [0.25, 0.3) is 0 Å². The SMILES string of the molecule is C[C@H]1NC(=O)C(C2CC2)OC(=O)[C@H](C)[C@H](O)[C@H](Cc2c(F)nc(F)c(F)c2F)NC(=O)[C@H]1NC(=O)c1ccccc1O. The number of phenolic OH excluding ortho intramolecular Hbond substituents is 1. The molecular weight excluding hydrogens is 568 g/mol. The third-order valence-corrected chi connectivity index (χ3v) is 7.27. The van der Waals surface area contributed by atoms with Crippen molar-refractivity contribution in [3.63, 3.8) is 0 Å². The summed E-state index contributed by atoms with van der Waals surface area (Å²) in [6.45, 7) is 2.52. The number of rotatable bonds is 5. The van der Waals surface area contributed by atoms with Gasteiger partial charge in [0, 0.05) is 17.9 Å². The third-order valence-electron chi connectivity index (χ3n) is 7.27. The number of phenols is 1. The molecule has 3 amide bonds. The first-order valence-electron chi connectivity index (χ1n) is 13.1. The summed E-state index contributed by atoms with van der Waals surface area (Å²) in [5, 5.41) is 28.3. The minimum absolute atomic E-state index is 0.220. The van der Waals surface area contributed by atoms with Crippen LogP contribution in [0.2, 0.25) is 0 Å². The fourth-order valence-electron chi connectivity index (χ4n) is 4.61. The number of esters is 1. The summed E-state index contributed by atoms with van der Waals surface area (Å²) in [4.78, 5) is 55.2. The summed E-state index contributed by atoms with van der Waals surface area (Å²) in [5.74, 6) is -13.9. The van der Waals surface area contributed by atoms with E-state index >= 15 is 0 Å². The number of hydrogen-bond acceptors (Lipinski definition) is 8. The number of ether oxygens (including phenoxy) is 1. The zero-order valence-electron chi connectivity index (χ0n) is 22.4. The monoisotopic (exact) mass is 596 g/mol. The zero-order valence-corrected chi connectivity index (χ0v) is 22.4. The number of aliphatic hydroxyl groups excluding tert-OH is 1. The number of nitrogens with zero attached hydrogens (tertiary/aromatic N) is 1. The van der Waals surface area contributed by atoms with Crippen molar-refractivity contribution < 1.29 is 51.7 Å². The quantitative estimate of drug-likeness (QED) is 0.194. The van der Waals surface area contributed by atoms with Gasteiger partial charge >= 0.3 is 5.97 Å². The van der Waals surface area contributed by atoms with Crippen LogP contribution in [0.5, 0.6) is 5.75 Å². The van der Waals surface area contributed by atoms with E-state index < -0.39 is 101 Å². The molecule has 4 rings (SSSR count). The summed E-state index contributed by atoms with van der Waals surface area (Å²) < 4.78 is 61.7. The maximum Gasteiger partial charge on any atom is 0.312 e. The minimum atomic E-state index is -2.09. The Morgan fingerprint density at radius 3 is 2.33 bits per heavy atom. The molecule has 42 heavy (non-hydrogen) atoms. The summed E-state index contributed by atoms with van der Waals surface area (Å²) >= 11 is 0. The fourth-order valence-corrected chi connectivity index (χ4v) is 4.61. The standard InChI is InChI=1S/C27H28F4N4O7/c1-10-20(37)15(9-14-17(28)18(29)23(31)35-22(14)30)33-25(39)19(34-24(38)13-5-3-4-6-16(13)36)11(2)32-26(40)21(12-7-8-12)42-27(10)41/h3-6,10-12,15,19-21,36-37H,7-9H2,1-2H3,(H,32,40)(H,33,39)(H,34,38)/t10-,11-,15+,19+,20+,21?/m1/s1. The molecule has 11 nitrogen and oxygen atoms in total. The van der Waals surface area contributed by atoms with Crippen LogP contribution in [0.1, 0.15) is 42.6 Å². The summed E-state index contributed by atoms with van der Waals surface area (Å²) in [7, 11) is 0. The molecule has 1 saturated heterocycles. The first-order valence-corrected chi connectivity index (χ1v) is 13.1. The molecule has 0 spiro atoms. The van der Waals surface area contributed by atoms with Crippen molar-refractivity contribution in [3.8, 4) is 5.75 Å². The van der Waals surface area contributed by atoms with Gasteiger partial charge in [-0.15, -0.1) is 0 Å². The normalized spacial score (nSPS) is 27.2. The van der Waals surface area contributed by atoms with Gasteiger partial charge in [0.2, 0.25) is 17.7 Å². The van der Waals surface area contributed by atoms with Crippen LogP contribution in [0, 0.1) is 35.4 Å². The Bertz CT molecular complexity index is 1410. The van der Waals surface area contributed by atoms with Crippen LogP contribution >= 0.6 is 0 Å². The molecule has 2 aliphatic rings. The molecule has 0 bridgehead atoms. The predicted octanol–water partition coefficient (Wildman–Crippen LogP) is 1.01. The lowest BCUT2D eigenvalue weighted by molar-refractivity contribution is -0.165. The van der Waals surface area contributed by atoms with Gasteiger partial charge in [-0.05, 0) is 38.8 Å². The average Bonchev–Trinajstić information content (AvgIpc) is 3.78. The number of carbonyl (C=O) groups excluding carboxylic acids is 4. The molecule has 1 unspecified atom stereocenters. The number of aromatic hydroxyl groups is 1. The molecular formula is C27H28F4N4O7. The van der Waals surface area contributed by atoms with E-state index in [1.165, 1.54) is 38.1 Å². The Morgan fingerprint density at radius 1 is 1.02 bits per heavy atom. The van der Waals surface area contributed by atoms with Gasteiger partial charge in [0.05, 0.1) is 29.7 Å². The van der Waals surface area contributed by atoms with E-state index in [-0.39, 0.29) is 11.5 Å². The minimum Gasteiger partial charge on any atom is -0.507 e. The van der Waals surface area contributed by atoms with E-state index in [2.05, 4.69) is 20.9 Å². The van der Waals surface area contributed by atoms with Gasteiger partial charge in [-0.1, -0.05) is 12.1 Å². The highest BCUT2D eigenvalue weighted by atomic mass is 19.2. The van der Waals surface area contributed by atoms with Crippen molar-refractivity contribution in [1.29, 1.82) is 0 Å². The van der Waals surface area contributed by atoms with Crippen LogP contribution in [0.4, 0.5) is 17.6 Å². The number of halogens is 4. The molecule has 226 valence electrons. The van der Waals surface area contributed by atoms with E-state index in [4.69, 9.17) is 4.74 Å². The van der Waals surface area contributed by atoms with E-state index in [1.54, 1.807) is 0 Å². The highest BCUT2D eigenvalue weighted by Gasteiger charge is 2.44. The highest BCUT2D eigenvalue weighted by Crippen LogP contribution is 2.35. The van der Waals surface area contributed by atoms with Crippen molar-refractivity contribution in [2.75, 3.05) is 0 Å². The second-order valence-electron chi connectivity index (χ2n) is 10.4. The van der Waals surface area contributed by atoms with Gasteiger partial charge in [-0.25, -0.2) is 4.39 Å². The molecule has 1 aromatic carbocycles. The number of hydrogen-bond donors (Lipinski definition) is 5. The molecule has 2 aromatic rings. The Morgan fingerprint density at radius 2 is 1.69 bits per heavy atom. The molecule has 1 aliphatic carbocycles. The van der Waals surface area contributed by atoms with E-state index in [0.717, 1.165) is 0 Å². The Balaban J connectivity index is 1.73. The maximum absolute atomic E-state index is 14.5. The molecule has 1 aliphatic heterocycles. The molecule has 0 radical (unpaired) electrons. The molecule has 2 heterocycles. The van der Waals surface area contributed by atoms with Gasteiger partial charge in [0.1, 0.15) is 11.8 Å². The van der Waals surface area contributed by atoms with Crippen LogP contribution < -0.4 is 16.0 Å². The van der Waals surface area contributed by atoms with Crippen LogP contribution in [-0.4, -0.2) is 69.2 Å². The fraction of sp³-hybridized carbons (Fsp3) is 0.444. The smallest absolute Gasteiger partial charge is 0.312 e. The van der Waals surface area contributed by atoms with Crippen molar-refractivity contribution >= 4 is 23.7 Å². The largest absolute Gasteiger partial charge is 0.507 e. The summed E-state index contributed by atoms with van der Waals surface area (Å²) in [6.07, 6.45) is -3.13. The lowest BCUT2D eigenvalue weighted by Crippen LogP contribution is -2.62. The van der Waals surface area contributed by atoms with Crippen molar-refractivity contribution in [3.05, 3.63) is 58.9 Å². The van der Waals surface area contributed by atoms with Crippen molar-refractivity contribution in [2.45, 2.75) is 63.4 Å². The van der Waals surface area contributed by atoms with E-state index in [9.17, 15) is 47.0 Å². The maximum atomic E-state index is 14.5. The number of nitrogens with one attached hydrogen (secondary N) is 3. The van der Waals surface area contributed by atoms with Crippen LogP contribution in [-0.2, 0) is 25.5 Å². The Hall–Kier alpha value is -4.27. The molecule has 15 heteroatoms. The lowest BCUT2D eigenvalue weighted by atomic mass is 9.92.